The average Bonchev–Trinajstić information content (AvgIpc) is 2.51. The summed E-state index contributed by atoms with van der Waals surface area (Å²) < 4.78 is 5.03. The van der Waals surface area contributed by atoms with Gasteiger partial charge >= 0.3 is 5.97 Å². The van der Waals surface area contributed by atoms with E-state index in [1.54, 1.807) is 6.07 Å². The van der Waals surface area contributed by atoms with Gasteiger partial charge in [0, 0.05) is 18.2 Å². The molecule has 0 atom stereocenters. The summed E-state index contributed by atoms with van der Waals surface area (Å²) in [6, 6.07) is 2.95. The van der Waals surface area contributed by atoms with E-state index in [2.05, 4.69) is 5.32 Å². The van der Waals surface area contributed by atoms with Crippen LogP contribution >= 0.6 is 0 Å². The molecule has 0 aromatic carbocycles. The monoisotopic (exact) mass is 213 g/mol. The SMILES string of the molecule is CC(C)(CCO)Nc1ccc(C(=O)O)o1. The fraction of sp³-hybridized carbons (Fsp3) is 0.500. The van der Waals surface area contributed by atoms with Crippen LogP contribution in [0.2, 0.25) is 0 Å². The molecule has 0 bridgehead atoms. The minimum absolute atomic E-state index is 0.0620. The number of rotatable bonds is 5. The first-order valence-corrected chi connectivity index (χ1v) is 4.67. The molecule has 0 saturated heterocycles. The normalized spacial score (nSPS) is 11.4. The van der Waals surface area contributed by atoms with Gasteiger partial charge in [0.25, 0.3) is 0 Å². The van der Waals surface area contributed by atoms with Gasteiger partial charge < -0.3 is 19.9 Å². The molecular formula is C10H15NO4. The highest BCUT2D eigenvalue weighted by atomic mass is 16.4. The van der Waals surface area contributed by atoms with E-state index in [9.17, 15) is 4.79 Å². The van der Waals surface area contributed by atoms with Crippen LogP contribution in [0.15, 0.2) is 16.5 Å². The standard InChI is InChI=1S/C10H15NO4/c1-10(2,5-6-12)11-8-4-3-7(15-8)9(13)14/h3-4,11-12H,5-6H2,1-2H3,(H,13,14). The zero-order valence-corrected chi connectivity index (χ0v) is 8.78. The number of furan rings is 1. The van der Waals surface area contributed by atoms with Crippen molar-refractivity contribution in [2.75, 3.05) is 11.9 Å². The van der Waals surface area contributed by atoms with E-state index in [1.165, 1.54) is 6.07 Å². The number of carboxylic acid groups (broad SMARTS) is 1. The van der Waals surface area contributed by atoms with Gasteiger partial charge in [-0.15, -0.1) is 0 Å². The summed E-state index contributed by atoms with van der Waals surface area (Å²) >= 11 is 0. The molecule has 0 fully saturated rings. The number of carboxylic acids is 1. The second-order valence-corrected chi connectivity index (χ2v) is 3.95. The molecule has 1 heterocycles. The smallest absolute Gasteiger partial charge is 0.371 e. The van der Waals surface area contributed by atoms with E-state index >= 15 is 0 Å². The summed E-state index contributed by atoms with van der Waals surface area (Å²) in [4.78, 5) is 10.5. The Morgan fingerprint density at radius 3 is 2.67 bits per heavy atom. The molecule has 0 aliphatic heterocycles. The molecule has 1 aromatic rings. The minimum atomic E-state index is -1.09. The van der Waals surface area contributed by atoms with Gasteiger partial charge in [-0.2, -0.15) is 0 Å². The third-order valence-electron chi connectivity index (χ3n) is 2.02. The number of aromatic carboxylic acids is 1. The number of nitrogens with one attached hydrogen (secondary N) is 1. The van der Waals surface area contributed by atoms with Crippen LogP contribution in [0.4, 0.5) is 5.88 Å². The zero-order chi connectivity index (χ0) is 11.5. The van der Waals surface area contributed by atoms with Crippen molar-refractivity contribution >= 4 is 11.9 Å². The number of hydrogen-bond acceptors (Lipinski definition) is 4. The second-order valence-electron chi connectivity index (χ2n) is 3.95. The Morgan fingerprint density at radius 2 is 2.20 bits per heavy atom. The Morgan fingerprint density at radius 1 is 1.53 bits per heavy atom. The van der Waals surface area contributed by atoms with Crippen molar-refractivity contribution in [1.29, 1.82) is 0 Å². The summed E-state index contributed by atoms with van der Waals surface area (Å²) in [7, 11) is 0. The Kier molecular flexibility index (Phi) is 3.36. The Hall–Kier alpha value is -1.49. The molecule has 0 radical (unpaired) electrons. The first-order valence-electron chi connectivity index (χ1n) is 4.67. The van der Waals surface area contributed by atoms with E-state index in [0.717, 1.165) is 0 Å². The zero-order valence-electron chi connectivity index (χ0n) is 8.78. The third-order valence-corrected chi connectivity index (χ3v) is 2.02. The Bertz CT molecular complexity index is 343. The van der Waals surface area contributed by atoms with Crippen LogP contribution < -0.4 is 5.32 Å². The van der Waals surface area contributed by atoms with Gasteiger partial charge in [-0.3, -0.25) is 0 Å². The topological polar surface area (TPSA) is 82.7 Å². The highest BCUT2D eigenvalue weighted by Gasteiger charge is 2.19. The van der Waals surface area contributed by atoms with Gasteiger partial charge in [0.1, 0.15) is 0 Å². The van der Waals surface area contributed by atoms with E-state index < -0.39 is 5.97 Å². The number of carbonyl (C=O) groups is 1. The largest absolute Gasteiger partial charge is 0.475 e. The maximum absolute atomic E-state index is 10.5. The lowest BCUT2D eigenvalue weighted by molar-refractivity contribution is 0.0663. The number of hydrogen-bond donors (Lipinski definition) is 3. The molecule has 0 unspecified atom stereocenters. The average molecular weight is 213 g/mol. The predicted molar refractivity (Wildman–Crippen MR) is 55.1 cm³/mol. The van der Waals surface area contributed by atoms with Crippen molar-refractivity contribution in [2.24, 2.45) is 0 Å². The van der Waals surface area contributed by atoms with Crippen LogP contribution in [0.1, 0.15) is 30.8 Å². The van der Waals surface area contributed by atoms with Gasteiger partial charge in [0.05, 0.1) is 0 Å². The quantitative estimate of drug-likeness (QED) is 0.691. The molecule has 0 saturated carbocycles. The minimum Gasteiger partial charge on any atom is -0.475 e. The highest BCUT2D eigenvalue weighted by molar-refractivity contribution is 5.84. The number of aliphatic hydroxyl groups is 1. The van der Waals surface area contributed by atoms with Crippen molar-refractivity contribution in [3.63, 3.8) is 0 Å². The van der Waals surface area contributed by atoms with Crippen molar-refractivity contribution < 1.29 is 19.4 Å². The highest BCUT2D eigenvalue weighted by Crippen LogP contribution is 2.20. The van der Waals surface area contributed by atoms with Gasteiger partial charge in [-0.05, 0) is 26.3 Å². The van der Waals surface area contributed by atoms with E-state index in [0.29, 0.717) is 12.3 Å². The van der Waals surface area contributed by atoms with Crippen molar-refractivity contribution in [3.8, 4) is 0 Å². The van der Waals surface area contributed by atoms with Crippen LogP contribution in [0.25, 0.3) is 0 Å². The summed E-state index contributed by atoms with van der Waals surface area (Å²) in [5.74, 6) is -0.800. The lowest BCUT2D eigenvalue weighted by Gasteiger charge is -2.24. The van der Waals surface area contributed by atoms with Crippen LogP contribution in [-0.2, 0) is 0 Å². The summed E-state index contributed by atoms with van der Waals surface area (Å²) in [5, 5.41) is 20.5. The van der Waals surface area contributed by atoms with Crippen LogP contribution in [0.5, 0.6) is 0 Å². The van der Waals surface area contributed by atoms with Crippen molar-refractivity contribution in [2.45, 2.75) is 25.8 Å². The maximum Gasteiger partial charge on any atom is 0.371 e. The van der Waals surface area contributed by atoms with Crippen LogP contribution in [0, 0.1) is 0 Å². The fourth-order valence-corrected chi connectivity index (χ4v) is 1.20. The van der Waals surface area contributed by atoms with E-state index in [4.69, 9.17) is 14.6 Å². The van der Waals surface area contributed by atoms with Crippen molar-refractivity contribution in [3.05, 3.63) is 17.9 Å². The molecule has 0 aliphatic rings. The molecule has 15 heavy (non-hydrogen) atoms. The summed E-state index contributed by atoms with van der Waals surface area (Å²) in [6.45, 7) is 3.85. The maximum atomic E-state index is 10.5. The van der Waals surface area contributed by atoms with Crippen LogP contribution in [0.3, 0.4) is 0 Å². The third kappa shape index (κ3) is 3.28. The summed E-state index contributed by atoms with van der Waals surface area (Å²) in [5.41, 5.74) is -0.331. The molecular weight excluding hydrogens is 198 g/mol. The molecule has 1 aromatic heterocycles. The molecule has 84 valence electrons. The van der Waals surface area contributed by atoms with E-state index in [-0.39, 0.29) is 17.9 Å². The molecule has 0 aliphatic carbocycles. The van der Waals surface area contributed by atoms with E-state index in [1.807, 2.05) is 13.8 Å². The fourth-order valence-electron chi connectivity index (χ4n) is 1.20. The lowest BCUT2D eigenvalue weighted by Crippen LogP contribution is -2.31. The summed E-state index contributed by atoms with van der Waals surface area (Å²) in [6.07, 6.45) is 0.552. The Labute approximate surface area is 87.7 Å². The number of anilines is 1. The molecule has 0 spiro atoms. The number of aliphatic hydroxyl groups excluding tert-OH is 1. The second kappa shape index (κ2) is 4.35. The van der Waals surface area contributed by atoms with Gasteiger partial charge in [-0.25, -0.2) is 4.79 Å². The molecule has 5 heteroatoms. The van der Waals surface area contributed by atoms with Crippen LogP contribution in [-0.4, -0.2) is 28.3 Å². The first kappa shape index (κ1) is 11.6. The predicted octanol–water partition coefficient (Wildman–Crippen LogP) is 1.55. The molecule has 5 nitrogen and oxygen atoms in total. The molecule has 3 N–H and O–H groups in total. The molecule has 1 rings (SSSR count). The lowest BCUT2D eigenvalue weighted by atomic mass is 10.0. The van der Waals surface area contributed by atoms with Gasteiger partial charge in [0.15, 0.2) is 5.88 Å². The molecule has 0 amide bonds. The Balaban J connectivity index is 2.68. The van der Waals surface area contributed by atoms with Crippen molar-refractivity contribution in [1.82, 2.24) is 0 Å². The van der Waals surface area contributed by atoms with Gasteiger partial charge in [-0.1, -0.05) is 0 Å². The first-order chi connectivity index (χ1) is 6.94. The van der Waals surface area contributed by atoms with Gasteiger partial charge in [0.2, 0.25) is 5.76 Å².